The van der Waals surface area contributed by atoms with Crippen LogP contribution in [0.4, 0.5) is 11.5 Å². The fourth-order valence-corrected chi connectivity index (χ4v) is 2.59. The van der Waals surface area contributed by atoms with E-state index in [0.717, 1.165) is 30.5 Å². The number of esters is 1. The maximum absolute atomic E-state index is 12.6. The molecular weight excluding hydrogens is 340 g/mol. The molecular formula is C17H18N4O5. The van der Waals surface area contributed by atoms with E-state index in [1.165, 1.54) is 13.2 Å². The monoisotopic (exact) mass is 358 g/mol. The summed E-state index contributed by atoms with van der Waals surface area (Å²) in [5.74, 6) is -0.195. The Bertz CT molecular complexity index is 885. The minimum Gasteiger partial charge on any atom is -0.465 e. The number of nitrogens with one attached hydrogen (secondary N) is 1. The smallest absolute Gasteiger partial charge is 0.338 e. The summed E-state index contributed by atoms with van der Waals surface area (Å²) in [6.07, 6.45) is 3.94. The number of ether oxygens (including phenoxy) is 1. The summed E-state index contributed by atoms with van der Waals surface area (Å²) < 4.78 is 6.32. The van der Waals surface area contributed by atoms with Crippen LogP contribution in [0, 0.1) is 23.0 Å². The molecule has 1 aliphatic carbocycles. The first-order chi connectivity index (χ1) is 12.4. The van der Waals surface area contributed by atoms with Gasteiger partial charge in [0, 0.05) is 29.8 Å². The molecule has 0 aliphatic heterocycles. The molecule has 9 heteroatoms. The number of rotatable bonds is 6. The Hall–Kier alpha value is -3.23. The van der Waals surface area contributed by atoms with Crippen LogP contribution in [0.3, 0.4) is 0 Å². The molecule has 0 saturated heterocycles. The number of carbonyl (C=O) groups is 2. The van der Waals surface area contributed by atoms with E-state index in [9.17, 15) is 19.7 Å². The second-order valence-corrected chi connectivity index (χ2v) is 6.27. The standard InChI is InChI=1S/C17H18N4O5/c1-10-8-18-20(9-11-3-4-11)15(10)19-16(22)12-5-13(17(23)26-2)7-14(6-12)21(24)25/h5-8,11H,3-4,9H2,1-2H3,(H,19,22). The van der Waals surface area contributed by atoms with E-state index in [-0.39, 0.29) is 16.8 Å². The van der Waals surface area contributed by atoms with E-state index in [1.54, 1.807) is 10.9 Å². The summed E-state index contributed by atoms with van der Waals surface area (Å²) in [5, 5.41) is 18.1. The van der Waals surface area contributed by atoms with Gasteiger partial charge in [-0.15, -0.1) is 0 Å². The van der Waals surface area contributed by atoms with E-state index in [1.807, 2.05) is 6.92 Å². The summed E-state index contributed by atoms with van der Waals surface area (Å²) in [6.45, 7) is 2.53. The molecule has 1 saturated carbocycles. The number of nitrogens with zero attached hydrogens (tertiary/aromatic N) is 3. The number of benzene rings is 1. The lowest BCUT2D eigenvalue weighted by molar-refractivity contribution is -0.384. The lowest BCUT2D eigenvalue weighted by atomic mass is 10.1. The van der Waals surface area contributed by atoms with Gasteiger partial charge >= 0.3 is 5.97 Å². The average molecular weight is 358 g/mol. The van der Waals surface area contributed by atoms with Crippen molar-refractivity contribution in [2.75, 3.05) is 12.4 Å². The summed E-state index contributed by atoms with van der Waals surface area (Å²) in [7, 11) is 1.17. The van der Waals surface area contributed by atoms with Crippen molar-refractivity contribution in [3.05, 3.63) is 51.2 Å². The van der Waals surface area contributed by atoms with Crippen LogP contribution < -0.4 is 5.32 Å². The highest BCUT2D eigenvalue weighted by Gasteiger charge is 2.25. The van der Waals surface area contributed by atoms with Gasteiger partial charge in [0.1, 0.15) is 5.82 Å². The van der Waals surface area contributed by atoms with Crippen molar-refractivity contribution >= 4 is 23.4 Å². The Morgan fingerprint density at radius 2 is 2.04 bits per heavy atom. The van der Waals surface area contributed by atoms with Crippen molar-refractivity contribution in [1.29, 1.82) is 0 Å². The van der Waals surface area contributed by atoms with Crippen LogP contribution in [0.15, 0.2) is 24.4 Å². The number of non-ortho nitro benzene ring substituents is 1. The summed E-state index contributed by atoms with van der Waals surface area (Å²) in [4.78, 5) is 34.8. The molecule has 1 fully saturated rings. The third-order valence-electron chi connectivity index (χ3n) is 4.19. The first-order valence-corrected chi connectivity index (χ1v) is 8.10. The molecule has 1 aromatic carbocycles. The summed E-state index contributed by atoms with van der Waals surface area (Å²) >= 11 is 0. The molecule has 9 nitrogen and oxygen atoms in total. The van der Waals surface area contributed by atoms with Crippen molar-refractivity contribution in [1.82, 2.24) is 9.78 Å². The topological polar surface area (TPSA) is 116 Å². The van der Waals surface area contributed by atoms with Crippen molar-refractivity contribution in [3.63, 3.8) is 0 Å². The highest BCUT2D eigenvalue weighted by molar-refractivity contribution is 6.06. The zero-order valence-corrected chi connectivity index (χ0v) is 14.4. The molecule has 0 atom stereocenters. The molecule has 2 aromatic rings. The Kier molecular flexibility index (Phi) is 4.70. The molecule has 136 valence electrons. The van der Waals surface area contributed by atoms with E-state index >= 15 is 0 Å². The van der Waals surface area contributed by atoms with Gasteiger partial charge in [0.05, 0.1) is 23.8 Å². The Morgan fingerprint density at radius 3 is 2.65 bits per heavy atom. The first-order valence-electron chi connectivity index (χ1n) is 8.10. The van der Waals surface area contributed by atoms with Gasteiger partial charge in [-0.05, 0) is 31.7 Å². The molecule has 0 unspecified atom stereocenters. The molecule has 1 aliphatic rings. The maximum atomic E-state index is 12.6. The minimum absolute atomic E-state index is 0.00169. The molecule has 0 radical (unpaired) electrons. The van der Waals surface area contributed by atoms with Gasteiger partial charge in [0.25, 0.3) is 11.6 Å². The lowest BCUT2D eigenvalue weighted by Gasteiger charge is -2.10. The molecule has 1 aromatic heterocycles. The Labute approximate surface area is 149 Å². The van der Waals surface area contributed by atoms with E-state index in [2.05, 4.69) is 15.2 Å². The largest absolute Gasteiger partial charge is 0.465 e. The number of aryl methyl sites for hydroxylation is 1. The van der Waals surface area contributed by atoms with Crippen LogP contribution in [0.2, 0.25) is 0 Å². The zero-order valence-electron chi connectivity index (χ0n) is 14.4. The van der Waals surface area contributed by atoms with Crippen LogP contribution in [0.5, 0.6) is 0 Å². The number of nitro benzene ring substituents is 1. The third-order valence-corrected chi connectivity index (χ3v) is 4.19. The van der Waals surface area contributed by atoms with Gasteiger partial charge in [-0.1, -0.05) is 0 Å². The fraction of sp³-hybridized carbons (Fsp3) is 0.353. The van der Waals surface area contributed by atoms with Gasteiger partial charge < -0.3 is 10.1 Å². The Morgan fingerprint density at radius 1 is 1.35 bits per heavy atom. The van der Waals surface area contributed by atoms with Crippen molar-refractivity contribution in [2.45, 2.75) is 26.3 Å². The van der Waals surface area contributed by atoms with Crippen molar-refractivity contribution < 1.29 is 19.2 Å². The number of methoxy groups -OCH3 is 1. The second kappa shape index (κ2) is 6.95. The van der Waals surface area contributed by atoms with E-state index in [0.29, 0.717) is 18.3 Å². The molecule has 1 heterocycles. The summed E-state index contributed by atoms with van der Waals surface area (Å²) in [6, 6.07) is 3.47. The predicted octanol–water partition coefficient (Wildman–Crippen LogP) is 2.55. The normalized spacial score (nSPS) is 13.3. The highest BCUT2D eigenvalue weighted by Crippen LogP contribution is 2.32. The zero-order chi connectivity index (χ0) is 18.8. The van der Waals surface area contributed by atoms with Crippen molar-refractivity contribution in [2.24, 2.45) is 5.92 Å². The number of hydrogen-bond acceptors (Lipinski definition) is 6. The minimum atomic E-state index is -0.752. The number of aromatic nitrogens is 2. The number of amides is 1. The molecule has 26 heavy (non-hydrogen) atoms. The van der Waals surface area contributed by atoms with Gasteiger partial charge in [-0.25, -0.2) is 9.48 Å². The van der Waals surface area contributed by atoms with Gasteiger partial charge in [-0.3, -0.25) is 14.9 Å². The Balaban J connectivity index is 1.90. The first kappa shape index (κ1) is 17.6. The van der Waals surface area contributed by atoms with Crippen molar-refractivity contribution in [3.8, 4) is 0 Å². The summed E-state index contributed by atoms with van der Waals surface area (Å²) in [5.41, 5.74) is 0.368. The van der Waals surface area contributed by atoms with Crippen LogP contribution in [-0.2, 0) is 11.3 Å². The second-order valence-electron chi connectivity index (χ2n) is 6.27. The molecule has 1 N–H and O–H groups in total. The van der Waals surface area contributed by atoms with Crippen LogP contribution in [0.25, 0.3) is 0 Å². The third kappa shape index (κ3) is 3.71. The van der Waals surface area contributed by atoms with E-state index < -0.39 is 16.8 Å². The maximum Gasteiger partial charge on any atom is 0.338 e. The molecule has 1 amide bonds. The van der Waals surface area contributed by atoms with Crippen LogP contribution in [0.1, 0.15) is 39.1 Å². The predicted molar refractivity (Wildman–Crippen MR) is 92.1 cm³/mol. The average Bonchev–Trinajstić information content (AvgIpc) is 3.39. The molecule has 0 bridgehead atoms. The fourth-order valence-electron chi connectivity index (χ4n) is 2.59. The van der Waals surface area contributed by atoms with E-state index in [4.69, 9.17) is 0 Å². The number of anilines is 1. The highest BCUT2D eigenvalue weighted by atomic mass is 16.6. The SMILES string of the molecule is COC(=O)c1cc(C(=O)Nc2c(C)cnn2CC2CC2)cc([N+](=O)[O-])c1. The van der Waals surface area contributed by atoms with Crippen LogP contribution in [-0.4, -0.2) is 33.7 Å². The molecule has 0 spiro atoms. The van der Waals surface area contributed by atoms with Gasteiger partial charge in [-0.2, -0.15) is 5.10 Å². The number of carbonyl (C=O) groups excluding carboxylic acids is 2. The van der Waals surface area contributed by atoms with Gasteiger partial charge in [0.15, 0.2) is 0 Å². The molecule has 3 rings (SSSR count). The van der Waals surface area contributed by atoms with Gasteiger partial charge in [0.2, 0.25) is 0 Å². The lowest BCUT2D eigenvalue weighted by Crippen LogP contribution is -2.18. The van der Waals surface area contributed by atoms with Crippen LogP contribution >= 0.6 is 0 Å². The number of nitro groups is 1. The quantitative estimate of drug-likeness (QED) is 0.482. The number of hydrogen-bond donors (Lipinski definition) is 1.